The van der Waals surface area contributed by atoms with Crippen molar-refractivity contribution in [1.82, 2.24) is 4.98 Å². The van der Waals surface area contributed by atoms with Gasteiger partial charge in [-0.25, -0.2) is 4.98 Å². The molecule has 0 atom stereocenters. The van der Waals surface area contributed by atoms with Gasteiger partial charge in [0.1, 0.15) is 5.82 Å². The molecule has 43 heavy (non-hydrogen) atoms. The first kappa shape index (κ1) is 26.7. The van der Waals surface area contributed by atoms with Crippen molar-refractivity contribution in [1.29, 1.82) is 0 Å². The van der Waals surface area contributed by atoms with Gasteiger partial charge in [0.05, 0.1) is 0 Å². The number of rotatable bonds is 5. The summed E-state index contributed by atoms with van der Waals surface area (Å²) >= 11 is 0. The molecule has 0 radical (unpaired) electrons. The summed E-state index contributed by atoms with van der Waals surface area (Å²) < 4.78 is 0. The third kappa shape index (κ3) is 4.96. The minimum absolute atomic E-state index is 0.0454. The van der Waals surface area contributed by atoms with E-state index in [0.717, 1.165) is 22.9 Å². The van der Waals surface area contributed by atoms with Crippen LogP contribution in [-0.4, -0.2) is 4.98 Å². The zero-order chi connectivity index (χ0) is 29.4. The number of anilines is 3. The maximum absolute atomic E-state index is 5.12. The minimum atomic E-state index is -0.0454. The van der Waals surface area contributed by atoms with Crippen molar-refractivity contribution in [3.63, 3.8) is 0 Å². The highest BCUT2D eigenvalue weighted by Crippen LogP contribution is 2.44. The van der Waals surface area contributed by atoms with Crippen LogP contribution in [-0.2, 0) is 5.41 Å². The van der Waals surface area contributed by atoms with Gasteiger partial charge < -0.3 is 0 Å². The van der Waals surface area contributed by atoms with Gasteiger partial charge in [0.25, 0.3) is 0 Å². The molecule has 0 saturated carbocycles. The number of hydrogen-bond donors (Lipinski definition) is 0. The van der Waals surface area contributed by atoms with Crippen molar-refractivity contribution in [2.45, 2.75) is 26.2 Å². The van der Waals surface area contributed by atoms with E-state index in [9.17, 15) is 0 Å². The van der Waals surface area contributed by atoms with Crippen LogP contribution in [0.2, 0.25) is 0 Å². The zero-order valence-electron chi connectivity index (χ0n) is 24.8. The number of nitrogens with zero attached hydrogens (tertiary/aromatic N) is 2. The number of aromatic nitrogens is 1. The van der Waals surface area contributed by atoms with Crippen molar-refractivity contribution in [2.24, 2.45) is 0 Å². The average molecular weight is 555 g/mol. The van der Waals surface area contributed by atoms with Crippen LogP contribution in [0.15, 0.2) is 152 Å². The van der Waals surface area contributed by atoms with Gasteiger partial charge in [0, 0.05) is 22.5 Å². The smallest absolute Gasteiger partial charge is 0.137 e. The van der Waals surface area contributed by atoms with Gasteiger partial charge in [-0.1, -0.05) is 136 Å². The number of para-hydroxylation sites is 1. The molecule has 0 N–H and O–H groups in total. The highest BCUT2D eigenvalue weighted by atomic mass is 15.2. The van der Waals surface area contributed by atoms with Gasteiger partial charge in [-0.15, -0.1) is 0 Å². The van der Waals surface area contributed by atoms with Crippen molar-refractivity contribution < 1.29 is 0 Å². The predicted octanol–water partition coefficient (Wildman–Crippen LogP) is 11.5. The van der Waals surface area contributed by atoms with Gasteiger partial charge in [-0.3, -0.25) is 4.90 Å². The quantitative estimate of drug-likeness (QED) is 0.197. The van der Waals surface area contributed by atoms with Crippen molar-refractivity contribution in [3.05, 3.63) is 157 Å². The summed E-state index contributed by atoms with van der Waals surface area (Å²) in [5.74, 6) is 0.912. The Kier molecular flexibility index (Phi) is 6.75. The fourth-order valence-corrected chi connectivity index (χ4v) is 6.09. The third-order valence-electron chi connectivity index (χ3n) is 8.15. The molecule has 1 heterocycles. The van der Waals surface area contributed by atoms with E-state index in [4.69, 9.17) is 4.98 Å². The molecule has 2 heteroatoms. The average Bonchev–Trinajstić information content (AvgIpc) is 3.05. The SMILES string of the molecule is CC(C)(C)c1cccc(N(c2ccccc2)c2ccc(-c3c4ccccc4c(-c4ccccc4)c4ccccc34)cc2)n1. The number of hydrogen-bond acceptors (Lipinski definition) is 2. The summed E-state index contributed by atoms with van der Waals surface area (Å²) in [5.41, 5.74) is 8.15. The lowest BCUT2D eigenvalue weighted by molar-refractivity contribution is 0.569. The molecule has 0 saturated heterocycles. The lowest BCUT2D eigenvalue weighted by Crippen LogP contribution is -2.17. The van der Waals surface area contributed by atoms with E-state index in [1.807, 2.05) is 0 Å². The summed E-state index contributed by atoms with van der Waals surface area (Å²) in [6, 6.07) is 54.2. The van der Waals surface area contributed by atoms with Crippen molar-refractivity contribution in [3.8, 4) is 22.3 Å². The second kappa shape index (κ2) is 10.9. The van der Waals surface area contributed by atoms with Crippen LogP contribution in [0.25, 0.3) is 43.8 Å². The van der Waals surface area contributed by atoms with Crippen LogP contribution in [0.4, 0.5) is 17.2 Å². The fraction of sp³-hybridized carbons (Fsp3) is 0.0976. The first-order valence-electron chi connectivity index (χ1n) is 14.9. The monoisotopic (exact) mass is 554 g/mol. The van der Waals surface area contributed by atoms with Crippen LogP contribution in [0.1, 0.15) is 26.5 Å². The molecule has 7 aromatic rings. The second-order valence-corrected chi connectivity index (χ2v) is 12.1. The van der Waals surface area contributed by atoms with E-state index in [-0.39, 0.29) is 5.41 Å². The molecular formula is C41H34N2. The number of fused-ring (bicyclic) bond motifs is 2. The molecule has 0 aliphatic rings. The lowest BCUT2D eigenvalue weighted by atomic mass is 9.86. The second-order valence-electron chi connectivity index (χ2n) is 12.1. The zero-order valence-corrected chi connectivity index (χ0v) is 24.8. The van der Waals surface area contributed by atoms with Crippen LogP contribution in [0.3, 0.4) is 0 Å². The van der Waals surface area contributed by atoms with E-state index in [1.54, 1.807) is 0 Å². The molecule has 0 spiro atoms. The Morgan fingerprint density at radius 1 is 0.419 bits per heavy atom. The maximum atomic E-state index is 5.12. The Balaban J connectivity index is 1.41. The Labute approximate surface area is 253 Å². The topological polar surface area (TPSA) is 16.1 Å². The highest BCUT2D eigenvalue weighted by molar-refractivity contribution is 6.21. The molecule has 0 amide bonds. The van der Waals surface area contributed by atoms with Crippen LogP contribution in [0.5, 0.6) is 0 Å². The van der Waals surface area contributed by atoms with Crippen molar-refractivity contribution in [2.75, 3.05) is 4.90 Å². The number of benzene rings is 6. The summed E-state index contributed by atoms with van der Waals surface area (Å²) in [4.78, 5) is 7.37. The van der Waals surface area contributed by atoms with Crippen molar-refractivity contribution >= 4 is 38.7 Å². The van der Waals surface area contributed by atoms with Gasteiger partial charge in [-0.05, 0) is 80.2 Å². The maximum Gasteiger partial charge on any atom is 0.137 e. The van der Waals surface area contributed by atoms with Gasteiger partial charge in [-0.2, -0.15) is 0 Å². The largest absolute Gasteiger partial charge is 0.295 e. The molecular weight excluding hydrogens is 520 g/mol. The van der Waals surface area contributed by atoms with Crippen LogP contribution >= 0.6 is 0 Å². The molecule has 2 nitrogen and oxygen atoms in total. The van der Waals surface area contributed by atoms with E-state index >= 15 is 0 Å². The molecule has 0 aliphatic carbocycles. The summed E-state index contributed by atoms with van der Waals surface area (Å²) in [6.45, 7) is 6.62. The van der Waals surface area contributed by atoms with Crippen LogP contribution in [0, 0.1) is 0 Å². The van der Waals surface area contributed by atoms with E-state index in [2.05, 4.69) is 177 Å². The lowest BCUT2D eigenvalue weighted by Gasteiger charge is -2.27. The normalized spacial score (nSPS) is 11.6. The first-order chi connectivity index (χ1) is 21.0. The Bertz CT molecular complexity index is 1980. The number of pyridine rings is 1. The Morgan fingerprint density at radius 3 is 1.37 bits per heavy atom. The summed E-state index contributed by atoms with van der Waals surface area (Å²) in [6.07, 6.45) is 0. The summed E-state index contributed by atoms with van der Waals surface area (Å²) in [7, 11) is 0. The molecule has 1 aromatic heterocycles. The predicted molar refractivity (Wildman–Crippen MR) is 184 cm³/mol. The summed E-state index contributed by atoms with van der Waals surface area (Å²) in [5, 5.41) is 5.04. The van der Waals surface area contributed by atoms with E-state index in [1.165, 1.54) is 43.8 Å². The van der Waals surface area contributed by atoms with E-state index < -0.39 is 0 Å². The van der Waals surface area contributed by atoms with Crippen LogP contribution < -0.4 is 4.90 Å². The van der Waals surface area contributed by atoms with Gasteiger partial charge in [0.2, 0.25) is 0 Å². The highest BCUT2D eigenvalue weighted by Gasteiger charge is 2.20. The van der Waals surface area contributed by atoms with Gasteiger partial charge in [0.15, 0.2) is 0 Å². The molecule has 0 aliphatic heterocycles. The standard InChI is InChI=1S/C41H34N2/c1-41(2,3)37-23-14-24-38(42-37)43(31-17-8-5-9-18-31)32-27-25-30(26-28-32)40-35-21-12-10-19-33(35)39(29-15-6-4-7-16-29)34-20-11-13-22-36(34)40/h4-28H,1-3H3. The fourth-order valence-electron chi connectivity index (χ4n) is 6.09. The molecule has 7 rings (SSSR count). The molecule has 0 fully saturated rings. The molecule has 0 unspecified atom stereocenters. The van der Waals surface area contributed by atoms with Gasteiger partial charge >= 0.3 is 0 Å². The first-order valence-corrected chi connectivity index (χ1v) is 14.9. The molecule has 0 bridgehead atoms. The van der Waals surface area contributed by atoms with E-state index in [0.29, 0.717) is 0 Å². The Hall–Kier alpha value is -5.21. The Morgan fingerprint density at radius 2 is 0.860 bits per heavy atom. The third-order valence-corrected chi connectivity index (χ3v) is 8.15. The molecule has 208 valence electrons. The molecule has 6 aromatic carbocycles. The minimum Gasteiger partial charge on any atom is -0.295 e.